The van der Waals surface area contributed by atoms with Crippen molar-refractivity contribution in [1.82, 2.24) is 10.6 Å². The maximum atomic E-state index is 12.3. The monoisotopic (exact) mass is 379 g/mol. The molecule has 0 radical (unpaired) electrons. The molecule has 8 nitrogen and oxygen atoms in total. The van der Waals surface area contributed by atoms with E-state index in [2.05, 4.69) is 20.7 Å². The minimum Gasteiger partial charge on any atom is -0.467 e. The topological polar surface area (TPSA) is 114 Å². The van der Waals surface area contributed by atoms with E-state index in [-0.39, 0.29) is 6.42 Å². The molecule has 1 aliphatic heterocycles. The largest absolute Gasteiger partial charge is 0.467 e. The molecule has 0 aliphatic carbocycles. The molecular weight excluding hydrogens is 358 g/mol. The van der Waals surface area contributed by atoms with E-state index in [1.54, 1.807) is 24.3 Å². The van der Waals surface area contributed by atoms with Crippen molar-refractivity contribution in [2.45, 2.75) is 24.9 Å². The Hall–Kier alpha value is -2.55. The second-order valence-corrected chi connectivity index (χ2v) is 6.68. The van der Waals surface area contributed by atoms with E-state index in [4.69, 9.17) is 0 Å². The maximum Gasteiger partial charge on any atom is 0.328 e. The molecule has 3 N–H and O–H groups in total. The van der Waals surface area contributed by atoms with Gasteiger partial charge >= 0.3 is 5.97 Å². The highest BCUT2D eigenvalue weighted by molar-refractivity contribution is 7.98. The van der Waals surface area contributed by atoms with Crippen LogP contribution in [0, 0.1) is 0 Å². The molecule has 1 aromatic carbocycles. The Labute approximate surface area is 155 Å². The molecule has 0 saturated heterocycles. The van der Waals surface area contributed by atoms with Gasteiger partial charge in [-0.25, -0.2) is 4.79 Å². The summed E-state index contributed by atoms with van der Waals surface area (Å²) < 4.78 is 4.69. The zero-order chi connectivity index (χ0) is 19.1. The van der Waals surface area contributed by atoms with Gasteiger partial charge in [0.2, 0.25) is 11.8 Å². The fourth-order valence-corrected chi connectivity index (χ4v) is 2.99. The van der Waals surface area contributed by atoms with Crippen LogP contribution in [0.5, 0.6) is 0 Å². The smallest absolute Gasteiger partial charge is 0.328 e. The van der Waals surface area contributed by atoms with Crippen molar-refractivity contribution in [3.8, 4) is 0 Å². The second-order valence-electron chi connectivity index (χ2n) is 5.69. The number of amides is 3. The minimum absolute atomic E-state index is 0.279. The Morgan fingerprint density at radius 3 is 2.73 bits per heavy atom. The number of methoxy groups -OCH3 is 1. The van der Waals surface area contributed by atoms with E-state index in [0.717, 1.165) is 0 Å². The highest BCUT2D eigenvalue weighted by Crippen LogP contribution is 2.18. The van der Waals surface area contributed by atoms with E-state index in [9.17, 15) is 19.2 Å². The highest BCUT2D eigenvalue weighted by atomic mass is 32.2. The van der Waals surface area contributed by atoms with Crippen LogP contribution < -0.4 is 16.0 Å². The van der Waals surface area contributed by atoms with E-state index >= 15 is 0 Å². The van der Waals surface area contributed by atoms with Gasteiger partial charge in [0.15, 0.2) is 0 Å². The summed E-state index contributed by atoms with van der Waals surface area (Å²) in [6.45, 7) is 0. The molecule has 0 bridgehead atoms. The zero-order valence-electron chi connectivity index (χ0n) is 14.5. The second kappa shape index (κ2) is 9.23. The molecule has 0 spiro atoms. The average molecular weight is 379 g/mol. The molecule has 140 valence electrons. The highest BCUT2D eigenvalue weighted by Gasteiger charge is 2.30. The number of rotatable bonds is 7. The lowest BCUT2D eigenvalue weighted by Gasteiger charge is -2.18. The number of carbonyl (C=O) groups excluding carboxylic acids is 4. The summed E-state index contributed by atoms with van der Waals surface area (Å²) in [7, 11) is 1.25. The van der Waals surface area contributed by atoms with Crippen LogP contribution in [0.15, 0.2) is 24.3 Å². The number of ether oxygens (including phenoxy) is 1. The Morgan fingerprint density at radius 2 is 2.04 bits per heavy atom. The first-order chi connectivity index (χ1) is 12.5. The normalized spacial score (nSPS) is 17.2. The summed E-state index contributed by atoms with van der Waals surface area (Å²) in [5, 5.41) is 7.74. The molecule has 1 aliphatic rings. The van der Waals surface area contributed by atoms with Gasteiger partial charge in [-0.05, 0) is 30.6 Å². The molecule has 2 rings (SSSR count). The van der Waals surface area contributed by atoms with Crippen molar-refractivity contribution in [1.29, 1.82) is 0 Å². The van der Waals surface area contributed by atoms with Gasteiger partial charge in [0, 0.05) is 0 Å². The van der Waals surface area contributed by atoms with Crippen LogP contribution in [0.1, 0.15) is 23.2 Å². The molecule has 1 aromatic rings. The lowest BCUT2D eigenvalue weighted by atomic mass is 10.1. The molecule has 9 heteroatoms. The standard InChI is InChI=1S/C17H21N3O5S/c1-25-17(24)12(7-8-26-2)18-14(21)9-13-16(23)19-11-6-4-3-5-10(11)15(22)20-13/h3-6,12-13H,7-9H2,1-2H3,(H,18,21)(H,19,23)(H,20,22)/t12-,13-/m0/s1. The van der Waals surface area contributed by atoms with Crippen LogP contribution >= 0.6 is 11.8 Å². The molecule has 0 unspecified atom stereocenters. The van der Waals surface area contributed by atoms with Crippen LogP contribution in [0.3, 0.4) is 0 Å². The molecule has 2 atom stereocenters. The third kappa shape index (κ3) is 4.98. The van der Waals surface area contributed by atoms with Gasteiger partial charge in [0.1, 0.15) is 12.1 Å². The van der Waals surface area contributed by atoms with Crippen LogP contribution in [0.4, 0.5) is 5.69 Å². The van der Waals surface area contributed by atoms with E-state index in [0.29, 0.717) is 23.4 Å². The fraction of sp³-hybridized carbons (Fsp3) is 0.412. The van der Waals surface area contributed by atoms with Crippen LogP contribution in [-0.2, 0) is 19.1 Å². The lowest BCUT2D eigenvalue weighted by molar-refractivity contribution is -0.145. The maximum absolute atomic E-state index is 12.3. The number of nitrogens with one attached hydrogen (secondary N) is 3. The van der Waals surface area contributed by atoms with Crippen molar-refractivity contribution in [3.63, 3.8) is 0 Å². The number of esters is 1. The van der Waals surface area contributed by atoms with Crippen LogP contribution in [0.25, 0.3) is 0 Å². The molecule has 3 amide bonds. The minimum atomic E-state index is -1.03. The number of carbonyl (C=O) groups is 4. The van der Waals surface area contributed by atoms with Crippen molar-refractivity contribution < 1.29 is 23.9 Å². The molecule has 26 heavy (non-hydrogen) atoms. The number of thioether (sulfide) groups is 1. The molecule has 0 saturated carbocycles. The summed E-state index contributed by atoms with van der Waals surface area (Å²) >= 11 is 1.54. The summed E-state index contributed by atoms with van der Waals surface area (Å²) in [5.41, 5.74) is 0.724. The van der Waals surface area contributed by atoms with Gasteiger partial charge in [-0.2, -0.15) is 11.8 Å². The van der Waals surface area contributed by atoms with Crippen molar-refractivity contribution in [2.24, 2.45) is 0 Å². The van der Waals surface area contributed by atoms with Gasteiger partial charge in [-0.15, -0.1) is 0 Å². The molecule has 0 fully saturated rings. The lowest BCUT2D eigenvalue weighted by Crippen LogP contribution is -2.48. The summed E-state index contributed by atoms with van der Waals surface area (Å²) in [6.07, 6.45) is 2.02. The Morgan fingerprint density at radius 1 is 1.31 bits per heavy atom. The van der Waals surface area contributed by atoms with Crippen LogP contribution in [0.2, 0.25) is 0 Å². The molecule has 1 heterocycles. The van der Waals surface area contributed by atoms with Gasteiger partial charge in [-0.3, -0.25) is 14.4 Å². The third-order valence-electron chi connectivity index (χ3n) is 3.87. The van der Waals surface area contributed by atoms with Crippen molar-refractivity contribution in [3.05, 3.63) is 29.8 Å². The van der Waals surface area contributed by atoms with Gasteiger partial charge in [0.25, 0.3) is 5.91 Å². The first-order valence-corrected chi connectivity index (χ1v) is 9.42. The van der Waals surface area contributed by atoms with Crippen molar-refractivity contribution in [2.75, 3.05) is 24.4 Å². The average Bonchev–Trinajstić information content (AvgIpc) is 2.74. The Kier molecular flexibility index (Phi) is 7.02. The van der Waals surface area contributed by atoms with E-state index in [1.807, 2.05) is 6.26 Å². The predicted molar refractivity (Wildman–Crippen MR) is 97.9 cm³/mol. The number of anilines is 1. The third-order valence-corrected chi connectivity index (χ3v) is 4.52. The number of hydrogen-bond donors (Lipinski definition) is 3. The van der Waals surface area contributed by atoms with Gasteiger partial charge in [0.05, 0.1) is 24.8 Å². The van der Waals surface area contributed by atoms with Gasteiger partial charge in [-0.1, -0.05) is 12.1 Å². The quantitative estimate of drug-likeness (QED) is 0.596. The predicted octanol–water partition coefficient (Wildman–Crippen LogP) is 0.538. The van der Waals surface area contributed by atoms with E-state index < -0.39 is 35.8 Å². The SMILES string of the molecule is COC(=O)[C@H](CCSC)NC(=O)C[C@@H]1NC(=O)c2ccccc2NC1=O. The van der Waals surface area contributed by atoms with Crippen molar-refractivity contribution >= 4 is 41.1 Å². The summed E-state index contributed by atoms with van der Waals surface area (Å²) in [6, 6.07) is 4.76. The Balaban J connectivity index is 2.03. The zero-order valence-corrected chi connectivity index (χ0v) is 15.4. The summed E-state index contributed by atoms with van der Waals surface area (Å²) in [4.78, 5) is 48.6. The van der Waals surface area contributed by atoms with E-state index in [1.165, 1.54) is 18.9 Å². The number of para-hydroxylation sites is 1. The molecular formula is C17H21N3O5S. The fourth-order valence-electron chi connectivity index (χ4n) is 2.52. The van der Waals surface area contributed by atoms with Gasteiger partial charge < -0.3 is 20.7 Å². The number of benzene rings is 1. The Bertz CT molecular complexity index is 709. The van der Waals surface area contributed by atoms with Crippen LogP contribution in [-0.4, -0.2) is 54.9 Å². The number of hydrogen-bond acceptors (Lipinski definition) is 6. The molecule has 0 aromatic heterocycles. The summed E-state index contributed by atoms with van der Waals surface area (Å²) in [5.74, 6) is -1.33. The first kappa shape index (κ1) is 19.8. The number of fused-ring (bicyclic) bond motifs is 1. The first-order valence-electron chi connectivity index (χ1n) is 8.03.